The Kier molecular flexibility index (Phi) is 10.6. The molecular formula is C49H42O12Si8. The van der Waals surface area contributed by atoms with Crippen LogP contribution in [0.5, 0.6) is 0 Å². The summed E-state index contributed by atoms with van der Waals surface area (Å²) in [5.74, 6) is 0. The fraction of sp³-hybridized carbons (Fsp3) is 0.0204. The van der Waals surface area contributed by atoms with Crippen LogP contribution in [0.3, 0.4) is 0 Å². The molecule has 0 spiro atoms. The molecule has 0 N–H and O–H groups in total. The minimum atomic E-state index is -4.76. The van der Waals surface area contributed by atoms with E-state index >= 15 is 0 Å². The lowest BCUT2D eigenvalue weighted by Crippen LogP contribution is -2.96. The minimum Gasteiger partial charge on any atom is -0.366 e. The van der Waals surface area contributed by atoms with Gasteiger partial charge in [-0.2, -0.15) is 0 Å². The summed E-state index contributed by atoms with van der Waals surface area (Å²) in [4.78, 5) is 0. The van der Waals surface area contributed by atoms with Crippen molar-refractivity contribution in [2.75, 3.05) is 0 Å². The summed E-state index contributed by atoms with van der Waals surface area (Å²) in [6, 6.07) is 75.4. The molecular weight excluding hydrogens is 1010 g/mol. The summed E-state index contributed by atoms with van der Waals surface area (Å²) in [5, 5.41) is 4.58. The molecule has 69 heavy (non-hydrogen) atoms. The zero-order valence-corrected chi connectivity index (χ0v) is 44.9. The lowest BCUT2D eigenvalue weighted by atomic mass is 10.2. The van der Waals surface area contributed by atoms with Crippen molar-refractivity contribution in [1.82, 2.24) is 0 Å². The van der Waals surface area contributed by atoms with Gasteiger partial charge in [-0.3, -0.25) is 0 Å². The first-order valence-electron chi connectivity index (χ1n) is 22.6. The van der Waals surface area contributed by atoms with E-state index in [-0.39, 0.29) is 0 Å². The predicted octanol–water partition coefficient (Wildman–Crippen LogP) is 3.33. The SMILES string of the molecule is Cc1ccc([Si]23O[Si]4(c5ccccc5)O[Si]5(c6ccccc6)O[Si]6(c7ccccc7)O[Si](c7ccccc7)(O4)O[Si](c4ccccc4)(O[Si](c4ccccc4)(O6)O[Si](c4ccccc4)(O5)O2)O3)cc1. The van der Waals surface area contributed by atoms with Gasteiger partial charge < -0.3 is 49.4 Å². The van der Waals surface area contributed by atoms with Gasteiger partial charge in [0.25, 0.3) is 0 Å². The zero-order chi connectivity index (χ0) is 46.3. The van der Waals surface area contributed by atoms with Gasteiger partial charge in [-0.25, -0.2) is 0 Å². The highest BCUT2D eigenvalue weighted by Gasteiger charge is 2.86. The highest BCUT2D eigenvalue weighted by molar-refractivity contribution is 7.14. The molecule has 6 aliphatic rings. The van der Waals surface area contributed by atoms with Gasteiger partial charge in [-0.15, -0.1) is 0 Å². The quantitative estimate of drug-likeness (QED) is 0.209. The second-order valence-electron chi connectivity index (χ2n) is 17.1. The summed E-state index contributed by atoms with van der Waals surface area (Å²) >= 11 is 0. The van der Waals surface area contributed by atoms with Crippen molar-refractivity contribution in [3.05, 3.63) is 242 Å². The number of aryl methyl sites for hydroxylation is 1. The number of hydrogen-bond acceptors (Lipinski definition) is 12. The summed E-state index contributed by atoms with van der Waals surface area (Å²) < 4.78 is 97.6. The largest absolute Gasteiger partial charge is 0.515 e. The Morgan fingerprint density at radius 2 is 0.304 bits per heavy atom. The van der Waals surface area contributed by atoms with E-state index in [1.54, 1.807) is 0 Å². The van der Waals surface area contributed by atoms with Crippen molar-refractivity contribution in [2.45, 2.75) is 6.92 Å². The first-order chi connectivity index (χ1) is 33.7. The van der Waals surface area contributed by atoms with Crippen molar-refractivity contribution in [3.63, 3.8) is 0 Å². The van der Waals surface area contributed by atoms with E-state index in [0.29, 0.717) is 41.5 Å². The van der Waals surface area contributed by atoms with Gasteiger partial charge in [0.1, 0.15) is 0 Å². The Bertz CT molecular complexity index is 2840. The molecule has 0 radical (unpaired) electrons. The smallest absolute Gasteiger partial charge is 0.366 e. The zero-order valence-electron chi connectivity index (χ0n) is 36.9. The van der Waals surface area contributed by atoms with E-state index in [9.17, 15) is 0 Å². The van der Waals surface area contributed by atoms with Crippen LogP contribution in [-0.2, 0) is 49.4 Å². The molecule has 342 valence electrons. The van der Waals surface area contributed by atoms with Crippen LogP contribution in [0, 0.1) is 6.92 Å². The average molecular weight is 1050 g/mol. The third-order valence-corrected chi connectivity index (χ3v) is 46.6. The maximum Gasteiger partial charge on any atom is 0.515 e. The Morgan fingerprint density at radius 3 is 0.449 bits per heavy atom. The van der Waals surface area contributed by atoms with E-state index in [2.05, 4.69) is 0 Å². The monoisotopic (exact) mass is 1050 g/mol. The van der Waals surface area contributed by atoms with E-state index in [1.807, 2.05) is 244 Å². The molecule has 6 aliphatic heterocycles. The molecule has 6 heterocycles. The van der Waals surface area contributed by atoms with E-state index in [1.165, 1.54) is 0 Å². The van der Waals surface area contributed by atoms with Crippen molar-refractivity contribution in [1.29, 1.82) is 0 Å². The maximum atomic E-state index is 8.14. The third kappa shape index (κ3) is 7.16. The number of rotatable bonds is 8. The van der Waals surface area contributed by atoms with E-state index in [4.69, 9.17) is 49.4 Å². The van der Waals surface area contributed by atoms with Crippen LogP contribution in [0.15, 0.2) is 237 Å². The molecule has 0 aliphatic carbocycles. The van der Waals surface area contributed by atoms with Crippen LogP contribution in [0.1, 0.15) is 5.56 Å². The fourth-order valence-electron chi connectivity index (χ4n) is 9.29. The molecule has 0 unspecified atom stereocenters. The number of benzene rings is 8. The minimum absolute atomic E-state index is 0.571. The second kappa shape index (κ2) is 16.5. The van der Waals surface area contributed by atoms with Crippen LogP contribution in [0.2, 0.25) is 0 Å². The lowest BCUT2D eigenvalue weighted by Gasteiger charge is -2.62. The van der Waals surface area contributed by atoms with Gasteiger partial charge in [0.2, 0.25) is 0 Å². The molecule has 14 rings (SSSR count). The first kappa shape index (κ1) is 44.0. The van der Waals surface area contributed by atoms with Gasteiger partial charge in [0, 0.05) is 41.5 Å². The Morgan fingerprint density at radius 1 is 0.174 bits per heavy atom. The molecule has 6 fully saturated rings. The standard InChI is InChI=1S/C49H42O12Si8/c1-41-37-39-49(40-38-41)69-59-66(46-31-17-6-18-32-46)53-63(43-25-11-3-12-26-43)50-62(42-23-9-2-10-24-42)51-64(55-66,44-27-13-4-14-28-44)57-68(61-69,48-35-21-8-22-36-48)58-65(52-62,45-29-15-5-16-30-45)56-67(54-63,60-69)47-33-19-7-20-34-47/h2-40H,1H3. The predicted molar refractivity (Wildman–Crippen MR) is 272 cm³/mol. The van der Waals surface area contributed by atoms with Crippen LogP contribution < -0.4 is 41.5 Å². The highest BCUT2D eigenvalue weighted by Crippen LogP contribution is 2.48. The third-order valence-electron chi connectivity index (χ3n) is 12.5. The molecule has 8 bridgehead atoms. The van der Waals surface area contributed by atoms with Crippen LogP contribution >= 0.6 is 0 Å². The molecule has 6 saturated heterocycles. The number of hydrogen-bond donors (Lipinski definition) is 0. The topological polar surface area (TPSA) is 111 Å². The molecule has 0 aromatic heterocycles. The fourth-order valence-corrected chi connectivity index (χ4v) is 55.4. The van der Waals surface area contributed by atoms with Gasteiger partial charge in [-0.1, -0.05) is 242 Å². The lowest BCUT2D eigenvalue weighted by molar-refractivity contribution is -0.00296. The first-order valence-corrected chi connectivity index (χ1v) is 36.4. The summed E-state index contributed by atoms with van der Waals surface area (Å²) in [5.41, 5.74) is 1.01. The molecule has 0 atom stereocenters. The van der Waals surface area contributed by atoms with Crippen molar-refractivity contribution >= 4 is 112 Å². The normalized spacial score (nSPS) is 33.3. The molecule has 12 nitrogen and oxygen atoms in total. The van der Waals surface area contributed by atoms with Crippen molar-refractivity contribution in [2.24, 2.45) is 0 Å². The summed E-state index contributed by atoms with van der Waals surface area (Å²) in [6.07, 6.45) is 0. The average Bonchev–Trinajstić information content (AvgIpc) is 3.38. The Balaban J connectivity index is 1.26. The summed E-state index contributed by atoms with van der Waals surface area (Å²) in [7, 11) is -38.0. The van der Waals surface area contributed by atoms with Gasteiger partial charge in [0.15, 0.2) is 0 Å². The summed E-state index contributed by atoms with van der Waals surface area (Å²) in [6.45, 7) is 2.02. The molecule has 20 heteroatoms. The Hall–Kier alpha value is -4.98. The van der Waals surface area contributed by atoms with Crippen LogP contribution in [-0.4, -0.2) is 70.4 Å². The second-order valence-corrected chi connectivity index (χ2v) is 40.4. The molecule has 8 aromatic carbocycles. The van der Waals surface area contributed by atoms with Gasteiger partial charge in [-0.05, 0) is 6.92 Å². The maximum absolute atomic E-state index is 8.14. The van der Waals surface area contributed by atoms with Crippen molar-refractivity contribution < 1.29 is 49.4 Å². The van der Waals surface area contributed by atoms with Crippen LogP contribution in [0.25, 0.3) is 0 Å². The van der Waals surface area contributed by atoms with Gasteiger partial charge >= 0.3 is 70.4 Å². The molecule has 8 aromatic rings. The van der Waals surface area contributed by atoms with Gasteiger partial charge in [0.05, 0.1) is 0 Å². The van der Waals surface area contributed by atoms with E-state index in [0.717, 1.165) is 5.56 Å². The van der Waals surface area contributed by atoms with Crippen molar-refractivity contribution in [3.8, 4) is 0 Å². The van der Waals surface area contributed by atoms with Crippen LogP contribution in [0.4, 0.5) is 0 Å². The van der Waals surface area contributed by atoms with E-state index < -0.39 is 70.4 Å². The molecule has 0 saturated carbocycles. The highest BCUT2D eigenvalue weighted by atomic mass is 28.6. The molecule has 0 amide bonds. The Labute approximate surface area is 408 Å².